The molecule has 0 aliphatic carbocycles. The van der Waals surface area contributed by atoms with Crippen molar-refractivity contribution in [3.8, 4) is 11.3 Å². The number of rotatable bonds is 4. The summed E-state index contributed by atoms with van der Waals surface area (Å²) in [5, 5.41) is 9.41. The number of aldehydes is 1. The lowest BCUT2D eigenvalue weighted by atomic mass is 10.2. The molecule has 0 spiro atoms. The average Bonchev–Trinajstić information content (AvgIpc) is 3.01. The second-order valence-electron chi connectivity index (χ2n) is 5.47. The Labute approximate surface area is 138 Å². The van der Waals surface area contributed by atoms with Crippen molar-refractivity contribution in [2.24, 2.45) is 0 Å². The SMILES string of the molecule is O=Cc1cn(Cc2ncc(-c3ccccc3)nn2)c2ccccc12. The molecule has 0 fully saturated rings. The summed E-state index contributed by atoms with van der Waals surface area (Å²) in [7, 11) is 0. The van der Waals surface area contributed by atoms with Crippen LogP contribution in [0.5, 0.6) is 0 Å². The molecule has 24 heavy (non-hydrogen) atoms. The summed E-state index contributed by atoms with van der Waals surface area (Å²) in [6.07, 6.45) is 4.42. The van der Waals surface area contributed by atoms with E-state index in [1.807, 2.05) is 65.4 Å². The number of nitrogens with zero attached hydrogens (tertiary/aromatic N) is 4. The van der Waals surface area contributed by atoms with E-state index in [0.717, 1.165) is 28.4 Å². The van der Waals surface area contributed by atoms with Gasteiger partial charge in [-0.1, -0.05) is 48.5 Å². The van der Waals surface area contributed by atoms with E-state index in [1.165, 1.54) is 0 Å². The van der Waals surface area contributed by atoms with Crippen LogP contribution < -0.4 is 0 Å². The van der Waals surface area contributed by atoms with Crippen LogP contribution >= 0.6 is 0 Å². The van der Waals surface area contributed by atoms with Crippen LogP contribution in [0.2, 0.25) is 0 Å². The Morgan fingerprint density at radius 3 is 2.50 bits per heavy atom. The van der Waals surface area contributed by atoms with E-state index < -0.39 is 0 Å². The van der Waals surface area contributed by atoms with E-state index in [2.05, 4.69) is 15.2 Å². The molecule has 2 aromatic heterocycles. The van der Waals surface area contributed by atoms with Crippen molar-refractivity contribution in [3.05, 3.63) is 78.4 Å². The highest BCUT2D eigenvalue weighted by Gasteiger charge is 2.09. The Balaban J connectivity index is 1.66. The summed E-state index contributed by atoms with van der Waals surface area (Å²) < 4.78 is 1.97. The van der Waals surface area contributed by atoms with Crippen molar-refractivity contribution in [2.75, 3.05) is 0 Å². The van der Waals surface area contributed by atoms with Crippen molar-refractivity contribution < 1.29 is 4.79 Å². The van der Waals surface area contributed by atoms with Crippen molar-refractivity contribution in [1.29, 1.82) is 0 Å². The molecule has 0 N–H and O–H groups in total. The lowest BCUT2D eigenvalue weighted by Gasteiger charge is -2.04. The zero-order valence-corrected chi connectivity index (χ0v) is 12.8. The fourth-order valence-electron chi connectivity index (χ4n) is 2.76. The van der Waals surface area contributed by atoms with Crippen LogP contribution in [0.1, 0.15) is 16.2 Å². The van der Waals surface area contributed by atoms with E-state index in [0.29, 0.717) is 17.9 Å². The maximum absolute atomic E-state index is 11.2. The molecule has 116 valence electrons. The third-order valence-corrected chi connectivity index (χ3v) is 3.94. The molecule has 4 aromatic rings. The van der Waals surface area contributed by atoms with Crippen LogP contribution in [0.25, 0.3) is 22.2 Å². The molecule has 0 saturated heterocycles. The largest absolute Gasteiger partial charge is 0.339 e. The molecular weight excluding hydrogens is 300 g/mol. The number of hydrogen-bond donors (Lipinski definition) is 0. The monoisotopic (exact) mass is 314 g/mol. The zero-order valence-electron chi connectivity index (χ0n) is 12.8. The summed E-state index contributed by atoms with van der Waals surface area (Å²) >= 11 is 0. The molecule has 0 aliphatic rings. The maximum Gasteiger partial charge on any atom is 0.170 e. The minimum absolute atomic E-state index is 0.469. The molecule has 5 heteroatoms. The number of carbonyl (C=O) groups is 1. The summed E-state index contributed by atoms with van der Waals surface area (Å²) in [4.78, 5) is 15.6. The quantitative estimate of drug-likeness (QED) is 0.542. The standard InChI is InChI=1S/C19H14N4O/c24-13-15-11-23(18-9-5-4-8-16(15)18)12-19-20-10-17(21-22-19)14-6-2-1-3-7-14/h1-11,13H,12H2. The topological polar surface area (TPSA) is 60.7 Å². The van der Waals surface area contributed by atoms with Gasteiger partial charge in [-0.2, -0.15) is 0 Å². The molecule has 0 atom stereocenters. The van der Waals surface area contributed by atoms with Gasteiger partial charge < -0.3 is 4.57 Å². The molecule has 0 amide bonds. The number of fused-ring (bicyclic) bond motifs is 1. The Kier molecular flexibility index (Phi) is 3.59. The van der Waals surface area contributed by atoms with Gasteiger partial charge in [0.2, 0.25) is 0 Å². The molecule has 0 unspecified atom stereocenters. The van der Waals surface area contributed by atoms with Crippen LogP contribution in [-0.2, 0) is 6.54 Å². The van der Waals surface area contributed by atoms with Gasteiger partial charge in [0.25, 0.3) is 0 Å². The highest BCUT2D eigenvalue weighted by atomic mass is 16.1. The van der Waals surface area contributed by atoms with Gasteiger partial charge in [-0.15, -0.1) is 10.2 Å². The minimum atomic E-state index is 0.469. The van der Waals surface area contributed by atoms with Gasteiger partial charge in [-0.3, -0.25) is 4.79 Å². The van der Waals surface area contributed by atoms with Gasteiger partial charge >= 0.3 is 0 Å². The van der Waals surface area contributed by atoms with Gasteiger partial charge in [-0.05, 0) is 6.07 Å². The molecule has 0 bridgehead atoms. The van der Waals surface area contributed by atoms with Gasteiger partial charge in [-0.25, -0.2) is 4.98 Å². The first-order chi connectivity index (χ1) is 11.8. The molecular formula is C19H14N4O. The molecule has 2 heterocycles. The lowest BCUT2D eigenvalue weighted by Crippen LogP contribution is -2.05. The zero-order chi connectivity index (χ0) is 16.4. The van der Waals surface area contributed by atoms with Crippen LogP contribution in [0.3, 0.4) is 0 Å². The molecule has 0 aliphatic heterocycles. The van der Waals surface area contributed by atoms with Crippen LogP contribution in [0.4, 0.5) is 0 Å². The smallest absolute Gasteiger partial charge is 0.170 e. The molecule has 2 aromatic carbocycles. The lowest BCUT2D eigenvalue weighted by molar-refractivity contribution is 0.112. The van der Waals surface area contributed by atoms with Crippen LogP contribution in [-0.4, -0.2) is 26.0 Å². The van der Waals surface area contributed by atoms with E-state index in [4.69, 9.17) is 0 Å². The fraction of sp³-hybridized carbons (Fsp3) is 0.0526. The summed E-state index contributed by atoms with van der Waals surface area (Å²) in [6.45, 7) is 0.469. The first-order valence-corrected chi connectivity index (χ1v) is 7.62. The Bertz CT molecular complexity index is 991. The highest BCUT2D eigenvalue weighted by Crippen LogP contribution is 2.20. The maximum atomic E-state index is 11.2. The molecule has 0 saturated carbocycles. The highest BCUT2D eigenvalue weighted by molar-refractivity contribution is 5.97. The van der Waals surface area contributed by atoms with E-state index in [1.54, 1.807) is 6.20 Å². The van der Waals surface area contributed by atoms with Gasteiger partial charge in [0.1, 0.15) is 5.69 Å². The van der Waals surface area contributed by atoms with Crippen LogP contribution in [0, 0.1) is 0 Å². The normalized spacial score (nSPS) is 10.8. The number of hydrogen-bond acceptors (Lipinski definition) is 4. The number of benzene rings is 2. The van der Waals surface area contributed by atoms with Crippen molar-refractivity contribution >= 4 is 17.2 Å². The summed E-state index contributed by atoms with van der Waals surface area (Å²) in [5.74, 6) is 0.605. The molecule has 0 radical (unpaired) electrons. The van der Waals surface area contributed by atoms with Crippen molar-refractivity contribution in [1.82, 2.24) is 19.7 Å². The predicted octanol–water partition coefficient (Wildman–Crippen LogP) is 3.35. The fourth-order valence-corrected chi connectivity index (χ4v) is 2.76. The number of para-hydroxylation sites is 1. The van der Waals surface area contributed by atoms with E-state index >= 15 is 0 Å². The molecule has 4 rings (SSSR count). The first-order valence-electron chi connectivity index (χ1n) is 7.62. The molecule has 5 nitrogen and oxygen atoms in total. The summed E-state index contributed by atoms with van der Waals surface area (Å²) in [6, 6.07) is 17.6. The predicted molar refractivity (Wildman–Crippen MR) is 91.7 cm³/mol. The van der Waals surface area contributed by atoms with E-state index in [-0.39, 0.29) is 0 Å². The Morgan fingerprint density at radius 2 is 1.75 bits per heavy atom. The van der Waals surface area contributed by atoms with Gasteiger partial charge in [0, 0.05) is 28.2 Å². The first kappa shape index (κ1) is 14.3. The van der Waals surface area contributed by atoms with E-state index in [9.17, 15) is 4.79 Å². The third kappa shape index (κ3) is 2.56. The number of carbonyl (C=O) groups excluding carboxylic acids is 1. The van der Waals surface area contributed by atoms with Gasteiger partial charge in [0.05, 0.1) is 12.7 Å². The van der Waals surface area contributed by atoms with Crippen molar-refractivity contribution in [3.63, 3.8) is 0 Å². The minimum Gasteiger partial charge on any atom is -0.339 e. The van der Waals surface area contributed by atoms with Gasteiger partial charge in [0.15, 0.2) is 12.1 Å². The van der Waals surface area contributed by atoms with Crippen LogP contribution in [0.15, 0.2) is 67.0 Å². The Hall–Kier alpha value is -3.34. The Morgan fingerprint density at radius 1 is 0.958 bits per heavy atom. The summed E-state index contributed by atoms with van der Waals surface area (Å²) in [5.41, 5.74) is 3.37. The number of aromatic nitrogens is 4. The average molecular weight is 314 g/mol. The second kappa shape index (κ2) is 6.04. The van der Waals surface area contributed by atoms with Crippen molar-refractivity contribution in [2.45, 2.75) is 6.54 Å². The second-order valence-corrected chi connectivity index (χ2v) is 5.47. The third-order valence-electron chi connectivity index (χ3n) is 3.94.